The summed E-state index contributed by atoms with van der Waals surface area (Å²) in [5.74, 6) is -0.0717. The van der Waals surface area contributed by atoms with Crippen LogP contribution < -0.4 is 10.0 Å². The van der Waals surface area contributed by atoms with Crippen molar-refractivity contribution in [2.24, 2.45) is 5.14 Å². The predicted molar refractivity (Wildman–Crippen MR) is 110 cm³/mol. The Hall–Kier alpha value is -2.43. The zero-order chi connectivity index (χ0) is 21.4. The molecule has 1 heterocycles. The summed E-state index contributed by atoms with van der Waals surface area (Å²) in [5.41, 5.74) is 2.09. The fourth-order valence-corrected chi connectivity index (χ4v) is 4.79. The molecule has 2 aromatic rings. The maximum absolute atomic E-state index is 12.7. The van der Waals surface area contributed by atoms with Gasteiger partial charge < -0.3 is 9.80 Å². The maximum Gasteiger partial charge on any atom is 0.253 e. The Morgan fingerprint density at radius 1 is 0.931 bits per heavy atom. The highest BCUT2D eigenvalue weighted by molar-refractivity contribution is 7.91. The van der Waals surface area contributed by atoms with Gasteiger partial charge in [0, 0.05) is 38.0 Å². The molecule has 1 saturated heterocycles. The van der Waals surface area contributed by atoms with Gasteiger partial charge in [-0.3, -0.25) is 4.79 Å². The highest BCUT2D eigenvalue weighted by Crippen LogP contribution is 2.29. The lowest BCUT2D eigenvalue weighted by molar-refractivity contribution is 0.0746. The van der Waals surface area contributed by atoms with E-state index in [1.54, 1.807) is 17.0 Å². The summed E-state index contributed by atoms with van der Waals surface area (Å²) in [7, 11) is -7.71. The van der Waals surface area contributed by atoms with Crippen molar-refractivity contribution in [3.63, 3.8) is 0 Å². The Labute approximate surface area is 170 Å². The summed E-state index contributed by atoms with van der Waals surface area (Å²) in [6.45, 7) is 3.65. The number of nitrogens with two attached hydrogens (primary N) is 1. The summed E-state index contributed by atoms with van der Waals surface area (Å²) < 4.78 is 47.7. The molecule has 1 aliphatic heterocycles. The Morgan fingerprint density at radius 3 is 2.03 bits per heavy atom. The summed E-state index contributed by atoms with van der Waals surface area (Å²) in [5, 5.41) is 5.13. The van der Waals surface area contributed by atoms with E-state index < -0.39 is 19.9 Å². The molecule has 0 aliphatic carbocycles. The molecule has 1 aliphatic rings. The quantitative estimate of drug-likeness (QED) is 0.763. The number of benzene rings is 2. The topological polar surface area (TPSA) is 118 Å². The third kappa shape index (κ3) is 4.77. The largest absolute Gasteiger partial charge is 0.367 e. The Morgan fingerprint density at radius 2 is 1.52 bits per heavy atom. The molecular weight excluding hydrogens is 414 g/mol. The van der Waals surface area contributed by atoms with Crippen LogP contribution in [0.25, 0.3) is 0 Å². The van der Waals surface area contributed by atoms with Crippen molar-refractivity contribution in [1.29, 1.82) is 0 Å². The summed E-state index contributed by atoms with van der Waals surface area (Å²) >= 11 is 0. The van der Waals surface area contributed by atoms with E-state index in [-0.39, 0.29) is 15.7 Å². The van der Waals surface area contributed by atoms with Crippen molar-refractivity contribution >= 4 is 31.5 Å². The lowest BCUT2D eigenvalue weighted by atomic mass is 10.1. The lowest BCUT2D eigenvalue weighted by Gasteiger charge is -2.37. The number of carbonyl (C=O) groups excluding carboxylic acids is 1. The molecule has 2 N–H and O–H groups in total. The van der Waals surface area contributed by atoms with E-state index >= 15 is 0 Å². The van der Waals surface area contributed by atoms with Crippen molar-refractivity contribution in [1.82, 2.24) is 4.90 Å². The molecule has 0 spiro atoms. The first-order chi connectivity index (χ1) is 13.5. The van der Waals surface area contributed by atoms with Crippen LogP contribution in [-0.2, 0) is 19.9 Å². The Balaban J connectivity index is 1.82. The minimum Gasteiger partial charge on any atom is -0.367 e. The van der Waals surface area contributed by atoms with E-state index in [1.807, 2.05) is 24.0 Å². The molecule has 0 bridgehead atoms. The summed E-state index contributed by atoms with van der Waals surface area (Å²) in [4.78, 5) is 15.9. The number of nitrogens with zero attached hydrogens (tertiary/aromatic N) is 2. The van der Waals surface area contributed by atoms with E-state index in [1.165, 1.54) is 12.1 Å². The maximum atomic E-state index is 12.7. The number of carbonyl (C=O) groups is 1. The highest BCUT2D eigenvalue weighted by Gasteiger charge is 2.26. The molecule has 0 atom stereocenters. The van der Waals surface area contributed by atoms with Gasteiger partial charge in [0.2, 0.25) is 10.0 Å². The van der Waals surface area contributed by atoms with Crippen LogP contribution in [0.5, 0.6) is 0 Å². The van der Waals surface area contributed by atoms with Gasteiger partial charge in [0.1, 0.15) is 0 Å². The molecule has 1 amide bonds. The van der Waals surface area contributed by atoms with Crippen LogP contribution in [-0.4, -0.2) is 60.1 Å². The van der Waals surface area contributed by atoms with Crippen LogP contribution in [0.2, 0.25) is 0 Å². The van der Waals surface area contributed by atoms with Crippen molar-refractivity contribution in [3.8, 4) is 0 Å². The molecule has 156 valence electrons. The van der Waals surface area contributed by atoms with Crippen LogP contribution in [0.1, 0.15) is 15.9 Å². The van der Waals surface area contributed by atoms with Gasteiger partial charge in [-0.15, -0.1) is 0 Å². The van der Waals surface area contributed by atoms with Crippen LogP contribution in [0, 0.1) is 6.92 Å². The number of aryl methyl sites for hydroxylation is 1. The molecular formula is C19H23N3O5S2. The SMILES string of the molecule is Cc1ccc(C(=O)N2CCN(c3ccc(S(N)(=O)=O)cc3S(C)(=O)=O)CC2)cc1. The van der Waals surface area contributed by atoms with Crippen LogP contribution in [0.15, 0.2) is 52.3 Å². The van der Waals surface area contributed by atoms with Crippen molar-refractivity contribution in [2.45, 2.75) is 16.7 Å². The van der Waals surface area contributed by atoms with Crippen molar-refractivity contribution in [2.75, 3.05) is 37.3 Å². The average molecular weight is 438 g/mol. The predicted octanol–water partition coefficient (Wildman–Crippen LogP) is 1.01. The fourth-order valence-electron chi connectivity index (χ4n) is 3.26. The molecule has 2 aromatic carbocycles. The number of anilines is 1. The third-order valence-electron chi connectivity index (χ3n) is 4.87. The zero-order valence-corrected chi connectivity index (χ0v) is 17.8. The van der Waals surface area contributed by atoms with Gasteiger partial charge in [-0.05, 0) is 37.3 Å². The minimum absolute atomic E-state index is 0.0717. The molecule has 0 radical (unpaired) electrons. The zero-order valence-electron chi connectivity index (χ0n) is 16.2. The van der Waals surface area contributed by atoms with Gasteiger partial charge in [-0.2, -0.15) is 0 Å². The smallest absolute Gasteiger partial charge is 0.253 e. The van der Waals surface area contributed by atoms with Gasteiger partial charge >= 0.3 is 0 Å². The second kappa shape index (κ2) is 7.77. The van der Waals surface area contributed by atoms with E-state index in [4.69, 9.17) is 5.14 Å². The number of hydrogen-bond donors (Lipinski definition) is 1. The number of hydrogen-bond acceptors (Lipinski definition) is 6. The number of piperazine rings is 1. The Bertz CT molecular complexity index is 1130. The lowest BCUT2D eigenvalue weighted by Crippen LogP contribution is -2.49. The monoisotopic (exact) mass is 437 g/mol. The van der Waals surface area contributed by atoms with Gasteiger partial charge in [0.25, 0.3) is 5.91 Å². The van der Waals surface area contributed by atoms with Gasteiger partial charge in [-0.1, -0.05) is 17.7 Å². The highest BCUT2D eigenvalue weighted by atomic mass is 32.2. The fraction of sp³-hybridized carbons (Fsp3) is 0.316. The second-order valence-corrected chi connectivity index (χ2v) is 10.6. The van der Waals surface area contributed by atoms with Crippen LogP contribution in [0.4, 0.5) is 5.69 Å². The van der Waals surface area contributed by atoms with Crippen molar-refractivity contribution in [3.05, 3.63) is 53.6 Å². The first kappa shape index (κ1) is 21.3. The number of amides is 1. The standard InChI is InChI=1S/C19H23N3O5S2/c1-14-3-5-15(6-4-14)19(23)22-11-9-21(10-12-22)17-8-7-16(29(20,26)27)13-18(17)28(2,24)25/h3-8,13H,9-12H2,1-2H3,(H2,20,26,27). The number of rotatable bonds is 4. The molecule has 1 fully saturated rings. The van der Waals surface area contributed by atoms with E-state index in [9.17, 15) is 21.6 Å². The second-order valence-electron chi connectivity index (χ2n) is 7.09. The van der Waals surface area contributed by atoms with Gasteiger partial charge in [0.15, 0.2) is 9.84 Å². The van der Waals surface area contributed by atoms with Crippen molar-refractivity contribution < 1.29 is 21.6 Å². The first-order valence-corrected chi connectivity index (χ1v) is 12.4. The molecule has 10 heteroatoms. The molecule has 8 nitrogen and oxygen atoms in total. The molecule has 0 aromatic heterocycles. The van der Waals surface area contributed by atoms with E-state index in [0.29, 0.717) is 37.4 Å². The van der Waals surface area contributed by atoms with Gasteiger partial charge in [0.05, 0.1) is 15.5 Å². The molecule has 29 heavy (non-hydrogen) atoms. The summed E-state index contributed by atoms with van der Waals surface area (Å²) in [6.07, 6.45) is 1.02. The molecule has 0 saturated carbocycles. The molecule has 0 unspecified atom stereocenters. The molecule has 3 rings (SSSR count). The normalized spacial score (nSPS) is 15.4. The summed E-state index contributed by atoms with van der Waals surface area (Å²) in [6, 6.07) is 11.2. The Kier molecular flexibility index (Phi) is 5.70. The third-order valence-corrected chi connectivity index (χ3v) is 6.90. The first-order valence-electron chi connectivity index (χ1n) is 8.94. The number of sulfonamides is 1. The minimum atomic E-state index is -4.02. The van der Waals surface area contributed by atoms with Crippen LogP contribution >= 0.6 is 0 Å². The average Bonchev–Trinajstić information content (AvgIpc) is 2.66. The van der Waals surface area contributed by atoms with E-state index in [2.05, 4.69) is 0 Å². The van der Waals surface area contributed by atoms with E-state index in [0.717, 1.165) is 17.9 Å². The van der Waals surface area contributed by atoms with Crippen LogP contribution in [0.3, 0.4) is 0 Å². The van der Waals surface area contributed by atoms with Gasteiger partial charge in [-0.25, -0.2) is 22.0 Å². The number of sulfone groups is 1. The number of primary sulfonamides is 1.